The van der Waals surface area contributed by atoms with Crippen LogP contribution in [0.4, 0.5) is 0 Å². The molecule has 1 saturated carbocycles. The van der Waals surface area contributed by atoms with E-state index in [1.807, 2.05) is 60.7 Å². The van der Waals surface area contributed by atoms with Crippen molar-refractivity contribution in [3.05, 3.63) is 83.9 Å². The zero-order valence-electron chi connectivity index (χ0n) is 15.3. The minimum Gasteiger partial charge on any atom is -0.326 e. The van der Waals surface area contributed by atoms with Crippen molar-refractivity contribution < 1.29 is 13.6 Å². The van der Waals surface area contributed by atoms with Crippen LogP contribution in [-0.2, 0) is 26.8 Å². The summed E-state index contributed by atoms with van der Waals surface area (Å²) in [5.41, 5.74) is 8.18. The first-order valence-electron chi connectivity index (χ1n) is 9.56. The van der Waals surface area contributed by atoms with E-state index in [1.54, 1.807) is 0 Å². The second-order valence-corrected chi connectivity index (χ2v) is 9.61. The zero-order chi connectivity index (χ0) is 18.7. The van der Waals surface area contributed by atoms with Crippen LogP contribution >= 0.6 is 7.60 Å². The van der Waals surface area contributed by atoms with Gasteiger partial charge in [0.25, 0.3) is 0 Å². The fourth-order valence-corrected chi connectivity index (χ4v) is 6.58. The van der Waals surface area contributed by atoms with Crippen LogP contribution in [0, 0.1) is 11.8 Å². The summed E-state index contributed by atoms with van der Waals surface area (Å²) < 4.78 is 26.0. The van der Waals surface area contributed by atoms with E-state index in [0.717, 1.165) is 24.0 Å². The molecule has 0 heterocycles. The van der Waals surface area contributed by atoms with Crippen molar-refractivity contribution >= 4 is 7.60 Å². The molecule has 2 N–H and O–H groups in total. The first kappa shape index (κ1) is 18.6. The lowest BCUT2D eigenvalue weighted by Crippen LogP contribution is -2.50. The fraction of sp³-hybridized carbons (Fsp3) is 0.364. The van der Waals surface area contributed by atoms with E-state index >= 15 is 0 Å². The third-order valence-electron chi connectivity index (χ3n) is 5.64. The molecule has 0 spiro atoms. The van der Waals surface area contributed by atoms with E-state index in [0.29, 0.717) is 0 Å². The Morgan fingerprint density at radius 1 is 0.815 bits per heavy atom. The van der Waals surface area contributed by atoms with Crippen molar-refractivity contribution in [1.82, 2.24) is 0 Å². The molecule has 0 aliphatic heterocycles. The average molecular weight is 383 g/mol. The van der Waals surface area contributed by atoms with Gasteiger partial charge in [-0.05, 0) is 35.8 Å². The minimum atomic E-state index is -3.40. The summed E-state index contributed by atoms with van der Waals surface area (Å²) in [5, 5.41) is 0. The van der Waals surface area contributed by atoms with Gasteiger partial charge in [0.05, 0.1) is 18.9 Å². The van der Waals surface area contributed by atoms with Crippen molar-refractivity contribution in [2.75, 3.05) is 0 Å². The molecule has 3 aliphatic rings. The van der Waals surface area contributed by atoms with E-state index < -0.39 is 7.60 Å². The molecule has 5 rings (SSSR count). The van der Waals surface area contributed by atoms with Crippen molar-refractivity contribution in [2.24, 2.45) is 17.6 Å². The zero-order valence-corrected chi connectivity index (χ0v) is 16.2. The molecule has 2 aromatic carbocycles. The Bertz CT molecular complexity index is 776. The highest BCUT2D eigenvalue weighted by atomic mass is 31.2. The predicted octanol–water partition coefficient (Wildman–Crippen LogP) is 4.91. The molecule has 0 radical (unpaired) electrons. The van der Waals surface area contributed by atoms with E-state index in [-0.39, 0.29) is 36.8 Å². The van der Waals surface area contributed by atoms with E-state index in [4.69, 9.17) is 14.8 Å². The summed E-state index contributed by atoms with van der Waals surface area (Å²) in [7, 11) is -3.40. The quantitative estimate of drug-likeness (QED) is 0.545. The van der Waals surface area contributed by atoms with Crippen LogP contribution in [0.2, 0.25) is 0 Å². The Labute approximate surface area is 160 Å². The number of hydrogen-bond acceptors (Lipinski definition) is 4. The van der Waals surface area contributed by atoms with Gasteiger partial charge in [-0.1, -0.05) is 72.8 Å². The Morgan fingerprint density at radius 2 is 1.30 bits per heavy atom. The summed E-state index contributed by atoms with van der Waals surface area (Å²) in [4.78, 5) is 0. The van der Waals surface area contributed by atoms with Gasteiger partial charge in [0.15, 0.2) is 0 Å². The van der Waals surface area contributed by atoms with Gasteiger partial charge in [0.1, 0.15) is 0 Å². The predicted molar refractivity (Wildman–Crippen MR) is 107 cm³/mol. The topological polar surface area (TPSA) is 61.6 Å². The van der Waals surface area contributed by atoms with Gasteiger partial charge < -0.3 is 14.8 Å². The van der Waals surface area contributed by atoms with Crippen molar-refractivity contribution in [2.45, 2.75) is 37.8 Å². The molecule has 0 saturated heterocycles. The third-order valence-corrected chi connectivity index (χ3v) is 8.07. The summed E-state index contributed by atoms with van der Waals surface area (Å²) in [6.07, 6.45) is 6.38. The third kappa shape index (κ3) is 4.09. The lowest BCUT2D eigenvalue weighted by molar-refractivity contribution is 0.158. The van der Waals surface area contributed by atoms with E-state index in [9.17, 15) is 4.57 Å². The number of benzene rings is 2. The van der Waals surface area contributed by atoms with Crippen molar-refractivity contribution in [1.29, 1.82) is 0 Å². The molecule has 4 unspecified atom stereocenters. The molecule has 27 heavy (non-hydrogen) atoms. The van der Waals surface area contributed by atoms with Crippen LogP contribution in [0.3, 0.4) is 0 Å². The minimum absolute atomic E-state index is 0.155. The molecule has 3 aliphatic carbocycles. The van der Waals surface area contributed by atoms with Gasteiger partial charge in [-0.25, -0.2) is 0 Å². The molecule has 5 heteroatoms. The number of rotatable bonds is 7. The molecule has 0 aromatic heterocycles. The molecule has 0 amide bonds. The maximum atomic E-state index is 14.0. The maximum absolute atomic E-state index is 14.0. The van der Waals surface area contributed by atoms with E-state index in [2.05, 4.69) is 12.2 Å². The Kier molecular flexibility index (Phi) is 5.60. The molecule has 4 atom stereocenters. The first-order chi connectivity index (χ1) is 13.2. The van der Waals surface area contributed by atoms with E-state index in [1.165, 1.54) is 0 Å². The molecular weight excluding hydrogens is 357 g/mol. The lowest BCUT2D eigenvalue weighted by Gasteiger charge is -2.45. The summed E-state index contributed by atoms with van der Waals surface area (Å²) >= 11 is 0. The van der Waals surface area contributed by atoms with Crippen molar-refractivity contribution in [3.63, 3.8) is 0 Å². The molecule has 142 valence electrons. The molecule has 2 aromatic rings. The second-order valence-electron chi connectivity index (χ2n) is 7.42. The Balaban J connectivity index is 1.56. The highest BCUT2D eigenvalue weighted by molar-refractivity contribution is 7.54. The number of hydrogen-bond donors (Lipinski definition) is 1. The van der Waals surface area contributed by atoms with Gasteiger partial charge in [0, 0.05) is 6.04 Å². The van der Waals surface area contributed by atoms with Gasteiger partial charge in [-0.3, -0.25) is 4.57 Å². The van der Waals surface area contributed by atoms with Crippen LogP contribution in [0.15, 0.2) is 72.8 Å². The smallest absolute Gasteiger partial charge is 0.326 e. The van der Waals surface area contributed by atoms with Crippen molar-refractivity contribution in [3.8, 4) is 0 Å². The van der Waals surface area contributed by atoms with Crippen LogP contribution in [0.1, 0.15) is 24.0 Å². The van der Waals surface area contributed by atoms with Crippen LogP contribution in [0.5, 0.6) is 0 Å². The van der Waals surface area contributed by atoms with Crippen LogP contribution in [0.25, 0.3) is 0 Å². The number of allylic oxidation sites excluding steroid dienone is 1. The van der Waals surface area contributed by atoms with Gasteiger partial charge in [0.2, 0.25) is 0 Å². The molecule has 1 fully saturated rings. The highest BCUT2D eigenvalue weighted by Gasteiger charge is 2.50. The van der Waals surface area contributed by atoms with Gasteiger partial charge in [-0.2, -0.15) is 0 Å². The standard InChI is InChI=1S/C22H26NO3P/c23-21-19-11-13-20(14-12-19)22(21)27(24,25-15-17-7-3-1-4-8-17)26-16-18-9-5-2-6-10-18/h1-11,13,19-22H,12,14-16,23H2. The second kappa shape index (κ2) is 8.12. The average Bonchev–Trinajstić information content (AvgIpc) is 2.73. The molecular formula is C22H26NO3P. The summed E-state index contributed by atoms with van der Waals surface area (Å²) in [5.74, 6) is 0.413. The SMILES string of the molecule is NC1C2C=CC(CC2)C1P(=O)(OCc1ccccc1)OCc1ccccc1. The van der Waals surface area contributed by atoms with Gasteiger partial charge in [-0.15, -0.1) is 0 Å². The maximum Gasteiger partial charge on any atom is 0.336 e. The summed E-state index contributed by atoms with van der Waals surface area (Å²) in [6, 6.07) is 19.4. The fourth-order valence-electron chi connectivity index (χ4n) is 4.14. The Hall–Kier alpha value is -1.71. The Morgan fingerprint density at radius 3 is 1.74 bits per heavy atom. The molecule has 2 bridgehead atoms. The normalized spacial score (nSPS) is 27.0. The van der Waals surface area contributed by atoms with Crippen LogP contribution in [-0.4, -0.2) is 11.7 Å². The largest absolute Gasteiger partial charge is 0.336 e. The highest BCUT2D eigenvalue weighted by Crippen LogP contribution is 2.62. The van der Waals surface area contributed by atoms with Gasteiger partial charge >= 0.3 is 7.60 Å². The lowest BCUT2D eigenvalue weighted by atomic mass is 9.73. The monoisotopic (exact) mass is 383 g/mol. The number of nitrogens with two attached hydrogens (primary N) is 1. The summed E-state index contributed by atoms with van der Waals surface area (Å²) in [6.45, 7) is 0.522. The number of fused-ring (bicyclic) bond motifs is 2. The van der Waals surface area contributed by atoms with Crippen LogP contribution < -0.4 is 5.73 Å². The molecule has 4 nitrogen and oxygen atoms in total. The first-order valence-corrected chi connectivity index (χ1v) is 11.2.